The first-order valence-corrected chi connectivity index (χ1v) is 5.67. The van der Waals surface area contributed by atoms with Gasteiger partial charge < -0.3 is 14.9 Å². The molecule has 1 aromatic carbocycles. The highest BCUT2D eigenvalue weighted by atomic mass is 35.5. The zero-order valence-corrected chi connectivity index (χ0v) is 10.5. The molecule has 2 rings (SSSR count). The van der Waals surface area contributed by atoms with Gasteiger partial charge in [-0.15, -0.1) is 0 Å². The second-order valence-corrected chi connectivity index (χ2v) is 4.41. The van der Waals surface area contributed by atoms with Gasteiger partial charge in [0.25, 0.3) is 0 Å². The van der Waals surface area contributed by atoms with E-state index < -0.39 is 11.1 Å². The van der Waals surface area contributed by atoms with Gasteiger partial charge in [0, 0.05) is 30.2 Å². The van der Waals surface area contributed by atoms with E-state index in [0.29, 0.717) is 16.3 Å². The van der Waals surface area contributed by atoms with Crippen molar-refractivity contribution >= 4 is 17.3 Å². The van der Waals surface area contributed by atoms with Crippen molar-refractivity contribution < 1.29 is 0 Å². The second-order valence-electron chi connectivity index (χ2n) is 4.00. The Morgan fingerprint density at radius 1 is 1.22 bits per heavy atom. The summed E-state index contributed by atoms with van der Waals surface area (Å²) in [5.74, 6) is 0. The van der Waals surface area contributed by atoms with Crippen LogP contribution >= 0.6 is 11.6 Å². The third-order valence-electron chi connectivity index (χ3n) is 2.64. The maximum Gasteiger partial charge on any atom is 0.316 e. The molecule has 0 radical (unpaired) electrons. The number of halogens is 1. The maximum atomic E-state index is 11.7. The first-order valence-electron chi connectivity index (χ1n) is 5.29. The minimum absolute atomic E-state index is 0.221. The van der Waals surface area contributed by atoms with Crippen molar-refractivity contribution in [2.24, 2.45) is 7.05 Å². The monoisotopic (exact) mass is 265 g/mol. The number of nitrogens with two attached hydrogens (primary N) is 1. The highest BCUT2D eigenvalue weighted by Gasteiger charge is 2.06. The van der Waals surface area contributed by atoms with Crippen molar-refractivity contribution in [1.29, 1.82) is 0 Å². The lowest BCUT2D eigenvalue weighted by atomic mass is 10.2. The van der Waals surface area contributed by atoms with Crippen LogP contribution in [0, 0.1) is 0 Å². The van der Waals surface area contributed by atoms with Crippen molar-refractivity contribution in [1.82, 2.24) is 9.13 Å². The number of aromatic nitrogens is 2. The molecular weight excluding hydrogens is 254 g/mol. The number of rotatable bonds is 2. The van der Waals surface area contributed by atoms with Gasteiger partial charge in [0.15, 0.2) is 0 Å². The molecule has 0 atom stereocenters. The third-order valence-corrected chi connectivity index (χ3v) is 3.01. The maximum absolute atomic E-state index is 11.7. The lowest BCUT2D eigenvalue weighted by Crippen LogP contribution is -2.39. The van der Waals surface area contributed by atoms with Crippen LogP contribution in [0.25, 0.3) is 0 Å². The first kappa shape index (κ1) is 12.4. The lowest BCUT2D eigenvalue weighted by Gasteiger charge is -2.08. The molecule has 0 unspecified atom stereocenters. The molecule has 2 aromatic rings. The molecule has 2 N–H and O–H groups in total. The van der Waals surface area contributed by atoms with Gasteiger partial charge in [-0.05, 0) is 23.8 Å². The Balaban J connectivity index is 2.47. The fourth-order valence-corrected chi connectivity index (χ4v) is 1.79. The van der Waals surface area contributed by atoms with Crippen LogP contribution in [-0.4, -0.2) is 9.13 Å². The van der Waals surface area contributed by atoms with Gasteiger partial charge in [-0.3, -0.25) is 9.59 Å². The average Bonchev–Trinajstić information content (AvgIpc) is 2.34. The fourth-order valence-electron chi connectivity index (χ4n) is 1.61. The third kappa shape index (κ3) is 2.31. The quantitative estimate of drug-likeness (QED) is 0.646. The number of benzene rings is 1. The largest absolute Gasteiger partial charge is 0.399 e. The normalized spacial score (nSPS) is 10.6. The number of nitrogen functional groups attached to an aromatic ring is 1. The molecule has 18 heavy (non-hydrogen) atoms. The molecule has 0 spiro atoms. The Bertz CT molecular complexity index is 703. The summed E-state index contributed by atoms with van der Waals surface area (Å²) < 4.78 is 2.54. The number of aryl methyl sites for hydroxylation is 1. The van der Waals surface area contributed by atoms with Crippen molar-refractivity contribution in [3.05, 3.63) is 61.9 Å². The fraction of sp³-hybridized carbons (Fsp3) is 0.167. The molecule has 0 amide bonds. The zero-order valence-electron chi connectivity index (χ0n) is 9.76. The van der Waals surface area contributed by atoms with Gasteiger partial charge in [0.05, 0.1) is 6.54 Å². The van der Waals surface area contributed by atoms with Crippen molar-refractivity contribution in [2.45, 2.75) is 6.54 Å². The topological polar surface area (TPSA) is 70.0 Å². The van der Waals surface area contributed by atoms with Crippen LogP contribution in [0.5, 0.6) is 0 Å². The number of hydrogen-bond acceptors (Lipinski definition) is 3. The van der Waals surface area contributed by atoms with Crippen LogP contribution in [0.3, 0.4) is 0 Å². The molecule has 5 nitrogen and oxygen atoms in total. The molecule has 0 aliphatic carbocycles. The van der Waals surface area contributed by atoms with Gasteiger partial charge in [0.2, 0.25) is 0 Å². The molecule has 0 aliphatic rings. The van der Waals surface area contributed by atoms with E-state index in [1.165, 1.54) is 22.4 Å². The molecule has 6 heteroatoms. The molecule has 0 fully saturated rings. The summed E-state index contributed by atoms with van der Waals surface area (Å²) in [6.07, 6.45) is 3.08. The average molecular weight is 266 g/mol. The van der Waals surface area contributed by atoms with E-state index >= 15 is 0 Å². The van der Waals surface area contributed by atoms with Crippen LogP contribution < -0.4 is 16.9 Å². The summed E-state index contributed by atoms with van der Waals surface area (Å²) in [5.41, 5.74) is 5.77. The van der Waals surface area contributed by atoms with E-state index in [-0.39, 0.29) is 6.54 Å². The standard InChI is InChI=1S/C12H12ClN3O2/c1-15-4-5-16(12(18)11(15)17)7-8-6-9(14)2-3-10(8)13/h2-6H,7,14H2,1H3. The second kappa shape index (κ2) is 4.70. The molecule has 0 saturated carbocycles. The van der Waals surface area contributed by atoms with E-state index in [1.807, 2.05) is 0 Å². The lowest BCUT2D eigenvalue weighted by molar-refractivity contribution is 0.695. The summed E-state index contributed by atoms with van der Waals surface area (Å²) in [7, 11) is 1.53. The SMILES string of the molecule is Cn1ccn(Cc2cc(N)ccc2Cl)c(=O)c1=O. The summed E-state index contributed by atoms with van der Waals surface area (Å²) in [6, 6.07) is 5.03. The van der Waals surface area contributed by atoms with E-state index in [4.69, 9.17) is 17.3 Å². The van der Waals surface area contributed by atoms with Crippen molar-refractivity contribution in [3.63, 3.8) is 0 Å². The summed E-state index contributed by atoms with van der Waals surface area (Å²) in [6.45, 7) is 0.221. The van der Waals surface area contributed by atoms with Gasteiger partial charge in [-0.2, -0.15) is 0 Å². The molecule has 94 valence electrons. The highest BCUT2D eigenvalue weighted by molar-refractivity contribution is 6.31. The van der Waals surface area contributed by atoms with Gasteiger partial charge >= 0.3 is 11.1 Å². The zero-order chi connectivity index (χ0) is 13.3. The highest BCUT2D eigenvalue weighted by Crippen LogP contribution is 2.19. The van der Waals surface area contributed by atoms with Crippen LogP contribution in [0.15, 0.2) is 40.2 Å². The van der Waals surface area contributed by atoms with E-state index in [9.17, 15) is 9.59 Å². The molecule has 1 heterocycles. The van der Waals surface area contributed by atoms with Gasteiger partial charge in [-0.25, -0.2) is 0 Å². The minimum Gasteiger partial charge on any atom is -0.399 e. The Morgan fingerprint density at radius 2 is 1.94 bits per heavy atom. The van der Waals surface area contributed by atoms with Crippen molar-refractivity contribution in [3.8, 4) is 0 Å². The van der Waals surface area contributed by atoms with Gasteiger partial charge in [-0.1, -0.05) is 11.6 Å². The van der Waals surface area contributed by atoms with E-state index in [2.05, 4.69) is 0 Å². The Morgan fingerprint density at radius 3 is 2.67 bits per heavy atom. The molecule has 0 bridgehead atoms. The number of hydrogen-bond donors (Lipinski definition) is 1. The Hall–Kier alpha value is -2.01. The molecule has 1 aromatic heterocycles. The summed E-state index contributed by atoms with van der Waals surface area (Å²) >= 11 is 6.02. The van der Waals surface area contributed by atoms with Crippen LogP contribution in [0.4, 0.5) is 5.69 Å². The summed E-state index contributed by atoms with van der Waals surface area (Å²) in [4.78, 5) is 23.2. The predicted molar refractivity (Wildman–Crippen MR) is 70.9 cm³/mol. The predicted octanol–water partition coefficient (Wildman–Crippen LogP) is 0.831. The number of anilines is 1. The molecule has 0 aliphatic heterocycles. The molecule has 0 saturated heterocycles. The smallest absolute Gasteiger partial charge is 0.316 e. The van der Waals surface area contributed by atoms with Crippen molar-refractivity contribution in [2.75, 3.05) is 5.73 Å². The van der Waals surface area contributed by atoms with Crippen LogP contribution in [-0.2, 0) is 13.6 Å². The first-order chi connectivity index (χ1) is 8.49. The van der Waals surface area contributed by atoms with Gasteiger partial charge in [0.1, 0.15) is 0 Å². The van der Waals surface area contributed by atoms with Crippen LogP contribution in [0.1, 0.15) is 5.56 Å². The van der Waals surface area contributed by atoms with E-state index in [1.54, 1.807) is 24.4 Å². The van der Waals surface area contributed by atoms with Crippen LogP contribution in [0.2, 0.25) is 5.02 Å². The minimum atomic E-state index is -0.585. The number of nitrogens with zero attached hydrogens (tertiary/aromatic N) is 2. The Kier molecular flexibility index (Phi) is 3.25. The summed E-state index contributed by atoms with van der Waals surface area (Å²) in [5, 5.41) is 0.511. The Labute approximate surface area is 108 Å². The molecular formula is C12H12ClN3O2. The van der Waals surface area contributed by atoms with E-state index in [0.717, 1.165) is 0 Å².